The van der Waals surface area contributed by atoms with Crippen molar-refractivity contribution in [3.8, 4) is 11.5 Å². The predicted octanol–water partition coefficient (Wildman–Crippen LogP) is 3.68. The largest absolute Gasteiger partial charge is 0.457 e. The van der Waals surface area contributed by atoms with Crippen LogP contribution in [0.5, 0.6) is 11.5 Å². The molecule has 6 nitrogen and oxygen atoms in total. The molecule has 1 fully saturated rings. The molecule has 1 aliphatic heterocycles. The van der Waals surface area contributed by atoms with Crippen molar-refractivity contribution in [1.82, 2.24) is 4.90 Å². The van der Waals surface area contributed by atoms with Gasteiger partial charge in [-0.25, -0.2) is 4.39 Å². The summed E-state index contributed by atoms with van der Waals surface area (Å²) in [5.41, 5.74) is 7.19. The number of carbonyl (C=O) groups excluding carboxylic acids is 2. The molecule has 1 saturated heterocycles. The molecular formula is C24H22FN3O3. The maximum absolute atomic E-state index is 13.1. The highest BCUT2D eigenvalue weighted by Crippen LogP contribution is 2.23. The van der Waals surface area contributed by atoms with Gasteiger partial charge in [0.05, 0.1) is 0 Å². The van der Waals surface area contributed by atoms with Gasteiger partial charge in [0, 0.05) is 43.0 Å². The number of hydrogen-bond acceptors (Lipinski definition) is 4. The lowest BCUT2D eigenvalue weighted by Gasteiger charge is -2.36. The molecule has 158 valence electrons. The summed E-state index contributed by atoms with van der Waals surface area (Å²) < 4.78 is 18.9. The fraction of sp³-hybridized carbons (Fsp3) is 0.167. The predicted molar refractivity (Wildman–Crippen MR) is 116 cm³/mol. The number of ether oxygens (including phenoxy) is 1. The number of nitrogens with two attached hydrogens (primary N) is 1. The fourth-order valence-electron chi connectivity index (χ4n) is 3.49. The number of carbonyl (C=O) groups is 2. The van der Waals surface area contributed by atoms with E-state index in [1.165, 1.54) is 12.1 Å². The van der Waals surface area contributed by atoms with Crippen LogP contribution in [0.3, 0.4) is 0 Å². The van der Waals surface area contributed by atoms with E-state index in [4.69, 9.17) is 10.5 Å². The van der Waals surface area contributed by atoms with Crippen molar-refractivity contribution in [1.29, 1.82) is 0 Å². The molecular weight excluding hydrogens is 397 g/mol. The Kier molecular flexibility index (Phi) is 5.84. The van der Waals surface area contributed by atoms with Gasteiger partial charge in [0.1, 0.15) is 17.3 Å². The van der Waals surface area contributed by atoms with E-state index in [-0.39, 0.29) is 11.7 Å². The Balaban J connectivity index is 1.34. The highest BCUT2D eigenvalue weighted by Gasteiger charge is 2.22. The average molecular weight is 419 g/mol. The molecule has 31 heavy (non-hydrogen) atoms. The third-order valence-electron chi connectivity index (χ3n) is 5.23. The quantitative estimate of drug-likeness (QED) is 0.685. The normalized spacial score (nSPS) is 13.7. The Morgan fingerprint density at radius 3 is 1.77 bits per heavy atom. The fourth-order valence-corrected chi connectivity index (χ4v) is 3.49. The Hall–Kier alpha value is -3.87. The summed E-state index contributed by atoms with van der Waals surface area (Å²) in [6.07, 6.45) is 0. The van der Waals surface area contributed by atoms with Crippen molar-refractivity contribution in [2.45, 2.75) is 0 Å². The maximum atomic E-state index is 13.1. The lowest BCUT2D eigenvalue weighted by atomic mass is 10.1. The van der Waals surface area contributed by atoms with E-state index in [0.717, 1.165) is 5.69 Å². The number of halogens is 1. The minimum atomic E-state index is -0.493. The number of primary amides is 1. The molecule has 4 rings (SSSR count). The van der Waals surface area contributed by atoms with Crippen molar-refractivity contribution < 1.29 is 18.7 Å². The summed E-state index contributed by atoms with van der Waals surface area (Å²) in [5, 5.41) is 0. The second kappa shape index (κ2) is 8.87. The molecule has 7 heteroatoms. The van der Waals surface area contributed by atoms with Crippen LogP contribution in [-0.2, 0) is 0 Å². The molecule has 0 unspecified atom stereocenters. The van der Waals surface area contributed by atoms with Gasteiger partial charge in [0.25, 0.3) is 5.91 Å². The van der Waals surface area contributed by atoms with Gasteiger partial charge in [-0.15, -0.1) is 0 Å². The highest BCUT2D eigenvalue weighted by molar-refractivity contribution is 5.94. The first-order chi connectivity index (χ1) is 15.0. The molecule has 2 N–H and O–H groups in total. The second-order valence-electron chi connectivity index (χ2n) is 7.27. The van der Waals surface area contributed by atoms with Gasteiger partial charge in [-0.1, -0.05) is 0 Å². The minimum absolute atomic E-state index is 0.0314. The Labute approximate surface area is 179 Å². The zero-order valence-electron chi connectivity index (χ0n) is 16.8. The first-order valence-corrected chi connectivity index (χ1v) is 9.97. The molecule has 1 heterocycles. The highest BCUT2D eigenvalue weighted by atomic mass is 19.1. The molecule has 0 atom stereocenters. The molecule has 0 aromatic heterocycles. The lowest BCUT2D eigenvalue weighted by Crippen LogP contribution is -2.48. The van der Waals surface area contributed by atoms with Gasteiger partial charge in [0.2, 0.25) is 5.91 Å². The zero-order chi connectivity index (χ0) is 21.8. The molecule has 0 bridgehead atoms. The number of piperazine rings is 1. The number of benzene rings is 3. The van der Waals surface area contributed by atoms with Crippen LogP contribution in [0.2, 0.25) is 0 Å². The summed E-state index contributed by atoms with van der Waals surface area (Å²) in [6.45, 7) is 2.58. The monoisotopic (exact) mass is 419 g/mol. The lowest BCUT2D eigenvalue weighted by molar-refractivity contribution is 0.0746. The van der Waals surface area contributed by atoms with Crippen LogP contribution in [0.4, 0.5) is 10.1 Å². The summed E-state index contributed by atoms with van der Waals surface area (Å²) in [6, 6.07) is 19.9. The van der Waals surface area contributed by atoms with Gasteiger partial charge in [-0.3, -0.25) is 9.59 Å². The second-order valence-corrected chi connectivity index (χ2v) is 7.27. The topological polar surface area (TPSA) is 75.9 Å². The van der Waals surface area contributed by atoms with Gasteiger partial charge in [0.15, 0.2) is 0 Å². The minimum Gasteiger partial charge on any atom is -0.457 e. The third-order valence-corrected chi connectivity index (χ3v) is 5.23. The Morgan fingerprint density at radius 1 is 0.742 bits per heavy atom. The van der Waals surface area contributed by atoms with E-state index in [0.29, 0.717) is 48.8 Å². The van der Waals surface area contributed by atoms with Crippen LogP contribution in [-0.4, -0.2) is 42.9 Å². The molecule has 3 aromatic rings. The average Bonchev–Trinajstić information content (AvgIpc) is 2.80. The first kappa shape index (κ1) is 20.4. The summed E-state index contributed by atoms with van der Waals surface area (Å²) in [4.78, 5) is 27.9. The van der Waals surface area contributed by atoms with Crippen molar-refractivity contribution in [3.63, 3.8) is 0 Å². The molecule has 3 aromatic carbocycles. The number of nitrogens with zero attached hydrogens (tertiary/aromatic N) is 2. The number of hydrogen-bond donors (Lipinski definition) is 1. The summed E-state index contributed by atoms with van der Waals surface area (Å²) in [5.74, 6) is 0.377. The van der Waals surface area contributed by atoms with Gasteiger partial charge in [-0.05, 0) is 72.8 Å². The molecule has 0 aliphatic carbocycles. The van der Waals surface area contributed by atoms with Crippen LogP contribution in [0.1, 0.15) is 20.7 Å². The molecule has 0 saturated carbocycles. The van der Waals surface area contributed by atoms with E-state index >= 15 is 0 Å². The van der Waals surface area contributed by atoms with Crippen LogP contribution >= 0.6 is 0 Å². The van der Waals surface area contributed by atoms with Gasteiger partial charge >= 0.3 is 0 Å². The van der Waals surface area contributed by atoms with Gasteiger partial charge < -0.3 is 20.3 Å². The van der Waals surface area contributed by atoms with Crippen molar-refractivity contribution in [2.75, 3.05) is 31.1 Å². The van der Waals surface area contributed by atoms with E-state index in [2.05, 4.69) is 4.90 Å². The number of anilines is 1. The number of rotatable bonds is 5. The van der Waals surface area contributed by atoms with Gasteiger partial charge in [-0.2, -0.15) is 0 Å². The Morgan fingerprint density at radius 2 is 1.26 bits per heavy atom. The molecule has 0 radical (unpaired) electrons. The van der Waals surface area contributed by atoms with E-state index in [1.807, 2.05) is 4.90 Å². The maximum Gasteiger partial charge on any atom is 0.253 e. The number of amides is 2. The SMILES string of the molecule is NC(=O)c1ccc(Oc2ccc(C(=O)N3CCN(c4ccc(F)cc4)CC3)cc2)cc1. The van der Waals surface area contributed by atoms with E-state index < -0.39 is 5.91 Å². The van der Waals surface area contributed by atoms with Crippen LogP contribution in [0.25, 0.3) is 0 Å². The van der Waals surface area contributed by atoms with Crippen molar-refractivity contribution >= 4 is 17.5 Å². The Bertz CT molecular complexity index is 1060. The summed E-state index contributed by atoms with van der Waals surface area (Å²) >= 11 is 0. The van der Waals surface area contributed by atoms with Crippen LogP contribution in [0, 0.1) is 5.82 Å². The summed E-state index contributed by atoms with van der Waals surface area (Å²) in [7, 11) is 0. The van der Waals surface area contributed by atoms with Crippen LogP contribution in [0.15, 0.2) is 72.8 Å². The van der Waals surface area contributed by atoms with Crippen molar-refractivity contribution in [3.05, 3.63) is 89.7 Å². The molecule has 0 spiro atoms. The van der Waals surface area contributed by atoms with E-state index in [1.54, 1.807) is 60.7 Å². The zero-order valence-corrected chi connectivity index (χ0v) is 16.8. The smallest absolute Gasteiger partial charge is 0.253 e. The van der Waals surface area contributed by atoms with E-state index in [9.17, 15) is 14.0 Å². The molecule has 2 amide bonds. The van der Waals surface area contributed by atoms with Crippen molar-refractivity contribution in [2.24, 2.45) is 5.73 Å². The standard InChI is InChI=1S/C24H22FN3O3/c25-19-5-7-20(8-6-19)27-13-15-28(16-14-27)24(30)18-3-11-22(12-4-18)31-21-9-1-17(2-10-21)23(26)29/h1-12H,13-16H2,(H2,26,29). The third kappa shape index (κ3) is 4.83. The molecule has 1 aliphatic rings. The van der Waals surface area contributed by atoms with Crippen LogP contribution < -0.4 is 15.4 Å². The first-order valence-electron chi connectivity index (χ1n) is 9.97.